The highest BCUT2D eigenvalue weighted by atomic mass is 35.5. The van der Waals surface area contributed by atoms with Gasteiger partial charge in [-0.3, -0.25) is 0 Å². The predicted molar refractivity (Wildman–Crippen MR) is 55.2 cm³/mol. The zero-order valence-corrected chi connectivity index (χ0v) is 8.82. The normalized spacial score (nSPS) is 10.1. The summed E-state index contributed by atoms with van der Waals surface area (Å²) in [4.78, 5) is 3.75. The third kappa shape index (κ3) is 2.18. The van der Waals surface area contributed by atoms with Crippen molar-refractivity contribution in [1.29, 1.82) is 5.26 Å². The van der Waals surface area contributed by atoms with Crippen LogP contribution in [0.5, 0.6) is 0 Å². The van der Waals surface area contributed by atoms with E-state index in [2.05, 4.69) is 10.1 Å². The molecule has 80 valence electrons. The highest BCUT2D eigenvalue weighted by Gasteiger charge is 2.04. The van der Waals surface area contributed by atoms with Gasteiger partial charge in [0.05, 0.1) is 6.54 Å². The van der Waals surface area contributed by atoms with E-state index in [1.54, 1.807) is 6.07 Å². The Bertz CT molecular complexity index is 558. The second kappa shape index (κ2) is 4.29. The summed E-state index contributed by atoms with van der Waals surface area (Å²) in [7, 11) is 0. The van der Waals surface area contributed by atoms with Gasteiger partial charge in [0, 0.05) is 5.02 Å². The Morgan fingerprint density at radius 2 is 2.31 bits per heavy atom. The number of hydrogen-bond acceptors (Lipinski definition) is 3. The summed E-state index contributed by atoms with van der Waals surface area (Å²) >= 11 is 5.85. The van der Waals surface area contributed by atoms with E-state index in [-0.39, 0.29) is 11.6 Å². The molecule has 0 aliphatic carbocycles. The van der Waals surface area contributed by atoms with Crippen LogP contribution < -0.4 is 0 Å². The van der Waals surface area contributed by atoms with Crippen molar-refractivity contribution in [2.24, 2.45) is 0 Å². The molecule has 0 radical (unpaired) electrons. The van der Waals surface area contributed by atoms with Gasteiger partial charge in [0.2, 0.25) is 0 Å². The monoisotopic (exact) mass is 236 g/mol. The fourth-order valence-electron chi connectivity index (χ4n) is 1.25. The van der Waals surface area contributed by atoms with E-state index in [1.165, 1.54) is 23.1 Å². The highest BCUT2D eigenvalue weighted by Crippen LogP contribution is 2.17. The average molecular weight is 237 g/mol. The van der Waals surface area contributed by atoms with E-state index in [1.807, 2.05) is 6.07 Å². The number of halogens is 2. The van der Waals surface area contributed by atoms with Gasteiger partial charge in [-0.15, -0.1) is 5.10 Å². The van der Waals surface area contributed by atoms with E-state index in [0.29, 0.717) is 11.6 Å². The van der Waals surface area contributed by atoms with Crippen molar-refractivity contribution >= 4 is 11.6 Å². The average Bonchev–Trinajstić information content (AvgIpc) is 2.70. The molecule has 4 nitrogen and oxygen atoms in total. The van der Waals surface area contributed by atoms with E-state index in [0.717, 1.165) is 5.56 Å². The topological polar surface area (TPSA) is 54.5 Å². The van der Waals surface area contributed by atoms with Crippen LogP contribution in [0.4, 0.5) is 4.39 Å². The van der Waals surface area contributed by atoms with Crippen molar-refractivity contribution in [3.05, 3.63) is 46.8 Å². The first-order valence-electron chi connectivity index (χ1n) is 4.42. The summed E-state index contributed by atoms with van der Waals surface area (Å²) < 4.78 is 14.3. The zero-order chi connectivity index (χ0) is 11.5. The molecule has 0 amide bonds. The third-order valence-corrected chi connectivity index (χ3v) is 2.34. The number of hydrogen-bond donors (Lipinski definition) is 0. The highest BCUT2D eigenvalue weighted by molar-refractivity contribution is 6.31. The standard InChI is InChI=1S/C10H6ClFN4/c11-9-3-8(12)2-1-7(9)5-16-6-14-10(4-13)15-16/h1-3,6H,5H2. The van der Waals surface area contributed by atoms with Gasteiger partial charge < -0.3 is 0 Å². The molecule has 6 heteroatoms. The van der Waals surface area contributed by atoms with Crippen LogP contribution in [0.15, 0.2) is 24.5 Å². The molecule has 0 fully saturated rings. The molecular weight excluding hydrogens is 231 g/mol. The molecular formula is C10H6ClFN4. The van der Waals surface area contributed by atoms with E-state index < -0.39 is 0 Å². The number of benzene rings is 1. The van der Waals surface area contributed by atoms with Crippen molar-refractivity contribution in [2.45, 2.75) is 6.54 Å². The van der Waals surface area contributed by atoms with Crippen LogP contribution in [0.1, 0.15) is 11.4 Å². The Morgan fingerprint density at radius 3 is 2.94 bits per heavy atom. The van der Waals surface area contributed by atoms with Crippen LogP contribution in [-0.2, 0) is 6.54 Å². The maximum Gasteiger partial charge on any atom is 0.252 e. The van der Waals surface area contributed by atoms with E-state index in [4.69, 9.17) is 16.9 Å². The molecule has 0 saturated carbocycles. The van der Waals surface area contributed by atoms with Gasteiger partial charge >= 0.3 is 0 Å². The predicted octanol–water partition coefficient (Wildman–Crippen LogP) is 1.99. The summed E-state index contributed by atoms with van der Waals surface area (Å²) in [5.41, 5.74) is 0.720. The molecule has 1 aromatic carbocycles. The summed E-state index contributed by atoms with van der Waals surface area (Å²) in [5.74, 6) is -0.289. The minimum absolute atomic E-state index is 0.0956. The van der Waals surface area contributed by atoms with Gasteiger partial charge in [-0.05, 0) is 17.7 Å². The fraction of sp³-hybridized carbons (Fsp3) is 0.100. The smallest absolute Gasteiger partial charge is 0.247 e. The molecule has 0 atom stereocenters. The number of nitriles is 1. The first kappa shape index (κ1) is 10.6. The van der Waals surface area contributed by atoms with Gasteiger partial charge in [0.15, 0.2) is 0 Å². The minimum Gasteiger partial charge on any atom is -0.247 e. The molecule has 0 N–H and O–H groups in total. The molecule has 1 aromatic heterocycles. The molecule has 0 spiro atoms. The quantitative estimate of drug-likeness (QED) is 0.801. The van der Waals surface area contributed by atoms with Gasteiger partial charge in [-0.25, -0.2) is 14.1 Å². The maximum atomic E-state index is 12.8. The van der Waals surface area contributed by atoms with Crippen LogP contribution >= 0.6 is 11.6 Å². The largest absolute Gasteiger partial charge is 0.252 e. The Morgan fingerprint density at radius 1 is 1.50 bits per heavy atom. The van der Waals surface area contributed by atoms with Crippen molar-refractivity contribution in [1.82, 2.24) is 14.8 Å². The second-order valence-electron chi connectivity index (χ2n) is 3.11. The van der Waals surface area contributed by atoms with Crippen LogP contribution in [0.25, 0.3) is 0 Å². The Labute approximate surface area is 95.9 Å². The zero-order valence-electron chi connectivity index (χ0n) is 8.06. The Kier molecular flexibility index (Phi) is 2.84. The summed E-state index contributed by atoms with van der Waals surface area (Å²) in [6.07, 6.45) is 1.43. The molecule has 0 unspecified atom stereocenters. The summed E-state index contributed by atoms with van der Waals surface area (Å²) in [6.45, 7) is 0.355. The van der Waals surface area contributed by atoms with Crippen LogP contribution in [-0.4, -0.2) is 14.8 Å². The lowest BCUT2D eigenvalue weighted by Gasteiger charge is -2.03. The number of nitrogens with zero attached hydrogens (tertiary/aromatic N) is 4. The van der Waals surface area contributed by atoms with Gasteiger partial charge in [-0.2, -0.15) is 5.26 Å². The lowest BCUT2D eigenvalue weighted by molar-refractivity contribution is 0.624. The van der Waals surface area contributed by atoms with Crippen molar-refractivity contribution < 1.29 is 4.39 Å². The fourth-order valence-corrected chi connectivity index (χ4v) is 1.47. The third-order valence-electron chi connectivity index (χ3n) is 1.98. The minimum atomic E-state index is -0.384. The molecule has 2 rings (SSSR count). The van der Waals surface area contributed by atoms with E-state index in [9.17, 15) is 4.39 Å². The van der Waals surface area contributed by atoms with Crippen molar-refractivity contribution in [3.63, 3.8) is 0 Å². The number of aromatic nitrogens is 3. The molecule has 0 saturated heterocycles. The van der Waals surface area contributed by atoms with Crippen LogP contribution in [0.3, 0.4) is 0 Å². The van der Waals surface area contributed by atoms with E-state index >= 15 is 0 Å². The second-order valence-corrected chi connectivity index (χ2v) is 3.52. The van der Waals surface area contributed by atoms with Crippen molar-refractivity contribution in [3.8, 4) is 6.07 Å². The van der Waals surface area contributed by atoms with Crippen LogP contribution in [0.2, 0.25) is 5.02 Å². The molecule has 0 bridgehead atoms. The van der Waals surface area contributed by atoms with Gasteiger partial charge in [0.1, 0.15) is 18.2 Å². The summed E-state index contributed by atoms with van der Waals surface area (Å²) in [6, 6.07) is 5.95. The molecule has 1 heterocycles. The summed E-state index contributed by atoms with van der Waals surface area (Å²) in [5, 5.41) is 12.8. The number of rotatable bonds is 2. The van der Waals surface area contributed by atoms with Crippen molar-refractivity contribution in [2.75, 3.05) is 0 Å². The lowest BCUT2D eigenvalue weighted by Crippen LogP contribution is -2.01. The SMILES string of the molecule is N#Cc1ncn(Cc2ccc(F)cc2Cl)n1. The van der Waals surface area contributed by atoms with Gasteiger partial charge in [-0.1, -0.05) is 17.7 Å². The molecule has 16 heavy (non-hydrogen) atoms. The Hall–Kier alpha value is -1.93. The first-order chi connectivity index (χ1) is 7.69. The molecule has 0 aliphatic heterocycles. The Balaban J connectivity index is 2.24. The van der Waals surface area contributed by atoms with Gasteiger partial charge in [0.25, 0.3) is 5.82 Å². The first-order valence-corrected chi connectivity index (χ1v) is 4.80. The molecule has 2 aromatic rings. The molecule has 0 aliphatic rings. The lowest BCUT2D eigenvalue weighted by atomic mass is 10.2. The maximum absolute atomic E-state index is 12.8. The van der Waals surface area contributed by atoms with Crippen LogP contribution in [0, 0.1) is 17.1 Å².